The molecule has 0 fully saturated rings. The summed E-state index contributed by atoms with van der Waals surface area (Å²) in [7, 11) is 0. The minimum Gasteiger partial charge on any atom is -0.493 e. The maximum absolute atomic E-state index is 12.0. The number of thioether (sulfide) groups is 1. The summed E-state index contributed by atoms with van der Waals surface area (Å²) in [6.45, 7) is 4.36. The first kappa shape index (κ1) is 21.4. The van der Waals surface area contributed by atoms with Crippen LogP contribution in [0.15, 0.2) is 65.8 Å². The van der Waals surface area contributed by atoms with Gasteiger partial charge in [-0.05, 0) is 49.3 Å². The first-order chi connectivity index (χ1) is 14.5. The second-order valence-corrected chi connectivity index (χ2v) is 7.71. The van der Waals surface area contributed by atoms with Gasteiger partial charge in [0.1, 0.15) is 11.6 Å². The van der Waals surface area contributed by atoms with Crippen LogP contribution < -0.4 is 10.6 Å². The lowest BCUT2D eigenvalue weighted by Gasteiger charge is -2.06. The minimum absolute atomic E-state index is 0.0593. The normalized spacial score (nSPS) is 11.4. The van der Waals surface area contributed by atoms with Crippen molar-refractivity contribution in [3.05, 3.63) is 83.2 Å². The molecule has 1 aromatic heterocycles. The van der Waals surface area contributed by atoms with Gasteiger partial charge in [0.25, 0.3) is 0 Å². The molecule has 0 saturated heterocycles. The second kappa shape index (κ2) is 10.5. The number of ether oxygens (including phenoxy) is 1. The number of ketones is 1. The van der Waals surface area contributed by atoms with Crippen molar-refractivity contribution in [2.45, 2.75) is 19.0 Å². The number of carbonyl (C=O) groups excluding carboxylic acids is 1. The summed E-state index contributed by atoms with van der Waals surface area (Å²) in [5.74, 6) is 7.90. The number of allylic oxidation sites excluding steroid dienone is 2. The van der Waals surface area contributed by atoms with Gasteiger partial charge in [0.2, 0.25) is 5.16 Å². The molecule has 0 bridgehead atoms. The largest absolute Gasteiger partial charge is 0.493 e. The molecule has 0 radical (unpaired) electrons. The fraction of sp³-hybridized carbons (Fsp3) is 0.174. The number of rotatable bonds is 9. The third kappa shape index (κ3) is 6.35. The zero-order valence-electron chi connectivity index (χ0n) is 17.0. The van der Waals surface area contributed by atoms with E-state index in [9.17, 15) is 4.79 Å². The van der Waals surface area contributed by atoms with Crippen LogP contribution in [-0.4, -0.2) is 33.0 Å². The van der Waals surface area contributed by atoms with Crippen molar-refractivity contribution in [1.29, 1.82) is 0 Å². The molecular formula is C23H24N4O2S. The van der Waals surface area contributed by atoms with Gasteiger partial charge in [-0.1, -0.05) is 65.9 Å². The molecule has 0 amide bonds. The van der Waals surface area contributed by atoms with Crippen molar-refractivity contribution < 1.29 is 9.53 Å². The number of hydrogen-bond acceptors (Lipinski definition) is 6. The van der Waals surface area contributed by atoms with E-state index in [0.717, 1.165) is 16.9 Å². The number of hydrogen-bond donors (Lipinski definition) is 1. The average Bonchev–Trinajstić information content (AvgIpc) is 3.08. The molecule has 0 atom stereocenters. The van der Waals surface area contributed by atoms with Crippen molar-refractivity contribution in [2.24, 2.45) is 0 Å². The third-order valence-corrected chi connectivity index (χ3v) is 5.16. The van der Waals surface area contributed by atoms with Crippen LogP contribution in [0.2, 0.25) is 0 Å². The molecular weight excluding hydrogens is 396 g/mol. The van der Waals surface area contributed by atoms with Gasteiger partial charge in [-0.2, -0.15) is 0 Å². The molecule has 0 unspecified atom stereocenters. The Labute approximate surface area is 180 Å². The topological polar surface area (TPSA) is 83.0 Å². The van der Waals surface area contributed by atoms with Crippen LogP contribution in [-0.2, 0) is 4.79 Å². The Morgan fingerprint density at radius 2 is 1.60 bits per heavy atom. The average molecular weight is 421 g/mol. The summed E-state index contributed by atoms with van der Waals surface area (Å²) in [6, 6.07) is 15.6. The third-order valence-electron chi connectivity index (χ3n) is 4.26. The van der Waals surface area contributed by atoms with Crippen LogP contribution in [0.5, 0.6) is 5.75 Å². The molecule has 7 heteroatoms. The molecule has 154 valence electrons. The van der Waals surface area contributed by atoms with E-state index in [-0.39, 0.29) is 5.78 Å². The summed E-state index contributed by atoms with van der Waals surface area (Å²) in [5, 5.41) is 8.57. The van der Waals surface area contributed by atoms with Crippen molar-refractivity contribution in [3.63, 3.8) is 0 Å². The van der Waals surface area contributed by atoms with E-state index < -0.39 is 0 Å². The lowest BCUT2D eigenvalue weighted by atomic mass is 10.1. The fourth-order valence-electron chi connectivity index (χ4n) is 2.51. The summed E-state index contributed by atoms with van der Waals surface area (Å²) in [4.78, 5) is 12.0. The Morgan fingerprint density at radius 3 is 2.17 bits per heavy atom. The van der Waals surface area contributed by atoms with Gasteiger partial charge in [0.05, 0.1) is 6.61 Å². The summed E-state index contributed by atoms with van der Waals surface area (Å²) in [6.07, 6.45) is 6.73. The van der Waals surface area contributed by atoms with Crippen LogP contribution in [0.1, 0.15) is 22.5 Å². The molecule has 2 aromatic carbocycles. The zero-order chi connectivity index (χ0) is 21.3. The molecule has 3 rings (SSSR count). The van der Waals surface area contributed by atoms with E-state index in [1.54, 1.807) is 25.2 Å². The first-order valence-electron chi connectivity index (χ1n) is 9.51. The maximum atomic E-state index is 12.0. The first-order valence-corrected chi connectivity index (χ1v) is 10.5. The van der Waals surface area contributed by atoms with E-state index in [1.807, 2.05) is 61.5 Å². The molecule has 0 aliphatic carbocycles. The fourth-order valence-corrected chi connectivity index (χ4v) is 3.22. The summed E-state index contributed by atoms with van der Waals surface area (Å²) < 4.78 is 7.19. The zero-order valence-corrected chi connectivity index (χ0v) is 17.8. The van der Waals surface area contributed by atoms with E-state index in [4.69, 9.17) is 10.6 Å². The highest BCUT2D eigenvalue weighted by Crippen LogP contribution is 2.16. The maximum Gasteiger partial charge on any atom is 0.209 e. The van der Waals surface area contributed by atoms with Crippen LogP contribution in [0, 0.1) is 13.8 Å². The smallest absolute Gasteiger partial charge is 0.209 e. The van der Waals surface area contributed by atoms with Crippen molar-refractivity contribution in [2.75, 3.05) is 18.2 Å². The van der Waals surface area contributed by atoms with Crippen molar-refractivity contribution in [1.82, 2.24) is 14.9 Å². The Hall–Kier alpha value is -3.32. The van der Waals surface area contributed by atoms with Crippen molar-refractivity contribution in [3.8, 4) is 5.75 Å². The highest BCUT2D eigenvalue weighted by Gasteiger charge is 2.06. The van der Waals surface area contributed by atoms with Crippen molar-refractivity contribution >= 4 is 29.7 Å². The number of nitrogen functional groups attached to an aromatic ring is 1. The number of aromatic nitrogens is 3. The number of carbonyl (C=O) groups is 1. The molecule has 6 nitrogen and oxygen atoms in total. The van der Waals surface area contributed by atoms with E-state index in [2.05, 4.69) is 10.2 Å². The molecule has 0 saturated carbocycles. The van der Waals surface area contributed by atoms with Crippen LogP contribution in [0.3, 0.4) is 0 Å². The van der Waals surface area contributed by atoms with Gasteiger partial charge >= 0.3 is 0 Å². The standard InChI is InChI=1S/C23H24N4O2S/c1-17-3-5-19(6-4-17)7-11-21(28)12-8-20-9-13-22(14-10-20)29-15-16-30-23-26-25-18(2)27(23)24/h3-14H,15-16,24H2,1-2H3. The lowest BCUT2D eigenvalue weighted by Crippen LogP contribution is -2.12. The van der Waals surface area contributed by atoms with Gasteiger partial charge in [0.15, 0.2) is 5.78 Å². The molecule has 3 aromatic rings. The molecule has 0 spiro atoms. The molecule has 30 heavy (non-hydrogen) atoms. The van der Waals surface area contributed by atoms with Gasteiger partial charge in [-0.25, -0.2) is 4.68 Å². The Bertz CT molecular complexity index is 1040. The summed E-state index contributed by atoms with van der Waals surface area (Å²) >= 11 is 1.49. The SMILES string of the molecule is Cc1ccc(C=CC(=O)C=Cc2ccc(OCCSc3nnc(C)n3N)cc2)cc1. The van der Waals surface area contributed by atoms with E-state index in [1.165, 1.54) is 22.0 Å². The monoisotopic (exact) mass is 420 g/mol. The quantitative estimate of drug-likeness (QED) is 0.243. The highest BCUT2D eigenvalue weighted by atomic mass is 32.2. The predicted molar refractivity (Wildman–Crippen MR) is 122 cm³/mol. The molecule has 2 N–H and O–H groups in total. The number of benzene rings is 2. The summed E-state index contributed by atoms with van der Waals surface area (Å²) in [5.41, 5.74) is 3.13. The number of aryl methyl sites for hydroxylation is 2. The van der Waals surface area contributed by atoms with Crippen LogP contribution in [0.4, 0.5) is 0 Å². The Kier molecular flexibility index (Phi) is 7.45. The highest BCUT2D eigenvalue weighted by molar-refractivity contribution is 7.99. The van der Waals surface area contributed by atoms with Gasteiger partial charge < -0.3 is 10.6 Å². The van der Waals surface area contributed by atoms with Gasteiger partial charge in [0, 0.05) is 5.75 Å². The Morgan fingerprint density at radius 1 is 1.00 bits per heavy atom. The van der Waals surface area contributed by atoms with Gasteiger partial charge in [-0.3, -0.25) is 4.79 Å². The van der Waals surface area contributed by atoms with Crippen LogP contribution in [0.25, 0.3) is 12.2 Å². The molecule has 0 aliphatic heterocycles. The lowest BCUT2D eigenvalue weighted by molar-refractivity contribution is -0.110. The minimum atomic E-state index is -0.0593. The second-order valence-electron chi connectivity index (χ2n) is 6.65. The number of nitrogens with zero attached hydrogens (tertiary/aromatic N) is 3. The van der Waals surface area contributed by atoms with E-state index in [0.29, 0.717) is 23.3 Å². The predicted octanol–water partition coefficient (Wildman–Crippen LogP) is 4.08. The Balaban J connectivity index is 1.43. The van der Waals surface area contributed by atoms with Crippen LogP contribution >= 0.6 is 11.8 Å². The van der Waals surface area contributed by atoms with Gasteiger partial charge in [-0.15, -0.1) is 10.2 Å². The number of nitrogens with two attached hydrogens (primary N) is 1. The molecule has 0 aliphatic rings. The van der Waals surface area contributed by atoms with E-state index >= 15 is 0 Å². The molecule has 1 heterocycles.